The van der Waals surface area contributed by atoms with E-state index in [0.29, 0.717) is 0 Å². The lowest BCUT2D eigenvalue weighted by Crippen LogP contribution is -2.03. The van der Waals surface area contributed by atoms with Gasteiger partial charge < -0.3 is 18.9 Å². The van der Waals surface area contributed by atoms with Crippen LogP contribution in [-0.2, 0) is 0 Å². The minimum Gasteiger partial charge on any atom is -0.457 e. The van der Waals surface area contributed by atoms with E-state index in [1.54, 1.807) is 0 Å². The van der Waals surface area contributed by atoms with Crippen LogP contribution in [0, 0.1) is 0 Å². The summed E-state index contributed by atoms with van der Waals surface area (Å²) < 4.78 is 25.0. The summed E-state index contributed by atoms with van der Waals surface area (Å²) in [4.78, 5) is 0. The molecule has 2 aliphatic heterocycles. The monoisotopic (exact) mass is 592 g/mol. The zero-order valence-electron chi connectivity index (χ0n) is 24.6. The Labute approximate surface area is 262 Å². The second-order valence-electron chi connectivity index (χ2n) is 12.3. The summed E-state index contributed by atoms with van der Waals surface area (Å²) in [5, 5.41) is 17.9. The fraction of sp³-hybridized carbons (Fsp3) is 0.0476. The Balaban J connectivity index is 1.48. The average molecular weight is 593 g/mol. The van der Waals surface area contributed by atoms with Gasteiger partial charge in [0.05, 0.1) is 0 Å². The summed E-state index contributed by atoms with van der Waals surface area (Å²) in [6.07, 6.45) is 0. The quantitative estimate of drug-likeness (QED) is 0.176. The first-order valence-electron chi connectivity index (χ1n) is 15.6. The zero-order valence-corrected chi connectivity index (χ0v) is 24.6. The molecule has 0 N–H and O–H groups in total. The molecule has 9 aromatic rings. The molecule has 0 aliphatic carbocycles. The van der Waals surface area contributed by atoms with Gasteiger partial charge in [0.1, 0.15) is 23.0 Å². The Bertz CT molecular complexity index is 2480. The van der Waals surface area contributed by atoms with E-state index < -0.39 is 0 Å². The van der Waals surface area contributed by atoms with Crippen LogP contribution in [0.25, 0.3) is 86.2 Å². The molecule has 9 aromatic carbocycles. The van der Waals surface area contributed by atoms with Gasteiger partial charge in [0.2, 0.25) is 13.6 Å². The molecule has 4 nitrogen and oxygen atoms in total. The molecule has 0 unspecified atom stereocenters. The van der Waals surface area contributed by atoms with Crippen molar-refractivity contribution in [3.05, 3.63) is 121 Å². The molecule has 216 valence electrons. The molecule has 0 radical (unpaired) electrons. The van der Waals surface area contributed by atoms with Gasteiger partial charge in [-0.3, -0.25) is 0 Å². The largest absolute Gasteiger partial charge is 0.457 e. The van der Waals surface area contributed by atoms with E-state index in [9.17, 15) is 0 Å². The zero-order chi connectivity index (χ0) is 29.9. The van der Waals surface area contributed by atoms with Crippen molar-refractivity contribution in [2.24, 2.45) is 0 Å². The van der Waals surface area contributed by atoms with Crippen LogP contribution in [-0.4, -0.2) is 13.6 Å². The van der Waals surface area contributed by atoms with Gasteiger partial charge in [0.25, 0.3) is 0 Å². The standard InChI is InChI=1S/C42H24O4/c1-5-27-17-31-23(1)9-13-35-39(31)40-33-19-29(7-3-25(33)10-14-36(40)44-21-43-35)30-8-4-26-12-16-38-42(34(26)20-30)41-32-18-28(27)6-2-24(32)11-15-37(41)45-22-46-38/h1-20H,21-22H2. The summed E-state index contributed by atoms with van der Waals surface area (Å²) in [5.41, 5.74) is 0. The van der Waals surface area contributed by atoms with Crippen LogP contribution in [0.3, 0.4) is 0 Å². The lowest BCUT2D eigenvalue weighted by Gasteiger charge is -2.11. The highest BCUT2D eigenvalue weighted by Crippen LogP contribution is 2.45. The van der Waals surface area contributed by atoms with Crippen molar-refractivity contribution in [3.63, 3.8) is 0 Å². The third-order valence-electron chi connectivity index (χ3n) is 9.96. The third-order valence-corrected chi connectivity index (χ3v) is 9.96. The summed E-state index contributed by atoms with van der Waals surface area (Å²) in [6, 6.07) is 43.8. The molecule has 2 heterocycles. The summed E-state index contributed by atoms with van der Waals surface area (Å²) in [7, 11) is 0. The molecule has 0 saturated heterocycles. The predicted octanol–water partition coefficient (Wildman–Crippen LogP) is 10.9. The molecule has 46 heavy (non-hydrogen) atoms. The summed E-state index contributed by atoms with van der Waals surface area (Å²) >= 11 is 0. The Kier molecular flexibility index (Phi) is 4.66. The normalized spacial score (nSPS) is 13.7. The fourth-order valence-corrected chi connectivity index (χ4v) is 7.74. The van der Waals surface area contributed by atoms with Gasteiger partial charge in [0, 0.05) is 21.5 Å². The van der Waals surface area contributed by atoms with Crippen LogP contribution in [0.1, 0.15) is 0 Å². The molecule has 8 bridgehead atoms. The van der Waals surface area contributed by atoms with Crippen LogP contribution >= 0.6 is 0 Å². The van der Waals surface area contributed by atoms with Crippen LogP contribution in [0.15, 0.2) is 121 Å². The van der Waals surface area contributed by atoms with Crippen molar-refractivity contribution < 1.29 is 18.9 Å². The van der Waals surface area contributed by atoms with Gasteiger partial charge in [-0.05, 0) is 113 Å². The highest BCUT2D eigenvalue weighted by molar-refractivity contribution is 6.24. The molecular formula is C42H24O4. The molecular weight excluding hydrogens is 568 g/mol. The SMILES string of the molecule is c1cc2ccc3cc2c2c1OCOc1ccc4ccc(cc4c12)c1ccc2ccc4c(c2c1)c1c(ccc2ccc3cc21)OCO4. The molecule has 0 spiro atoms. The summed E-state index contributed by atoms with van der Waals surface area (Å²) in [5.74, 6) is 3.30. The molecule has 2 aliphatic rings. The Hall–Kier alpha value is -6.00. The van der Waals surface area contributed by atoms with Gasteiger partial charge in [-0.15, -0.1) is 0 Å². The maximum absolute atomic E-state index is 6.26. The fourth-order valence-electron chi connectivity index (χ4n) is 7.74. The van der Waals surface area contributed by atoms with Crippen molar-refractivity contribution in [2.45, 2.75) is 0 Å². The van der Waals surface area contributed by atoms with Crippen molar-refractivity contribution in [1.82, 2.24) is 0 Å². The molecule has 0 saturated carbocycles. The van der Waals surface area contributed by atoms with Gasteiger partial charge in [-0.2, -0.15) is 0 Å². The van der Waals surface area contributed by atoms with Gasteiger partial charge in [0.15, 0.2) is 0 Å². The van der Waals surface area contributed by atoms with E-state index in [-0.39, 0.29) is 13.6 Å². The maximum atomic E-state index is 6.26. The Morgan fingerprint density at radius 3 is 0.739 bits per heavy atom. The van der Waals surface area contributed by atoms with E-state index in [4.69, 9.17) is 18.9 Å². The smallest absolute Gasteiger partial charge is 0.230 e. The molecule has 11 rings (SSSR count). The van der Waals surface area contributed by atoms with E-state index in [0.717, 1.165) is 109 Å². The van der Waals surface area contributed by atoms with Crippen LogP contribution < -0.4 is 18.9 Å². The van der Waals surface area contributed by atoms with Crippen LogP contribution in [0.4, 0.5) is 0 Å². The minimum absolute atomic E-state index is 0.159. The van der Waals surface area contributed by atoms with E-state index in [1.807, 2.05) is 0 Å². The van der Waals surface area contributed by atoms with Gasteiger partial charge in [-0.1, -0.05) is 72.8 Å². The van der Waals surface area contributed by atoms with Gasteiger partial charge >= 0.3 is 0 Å². The number of hydrogen-bond acceptors (Lipinski definition) is 4. The number of fused-ring (bicyclic) bond motifs is 6. The second kappa shape index (κ2) is 8.80. The predicted molar refractivity (Wildman–Crippen MR) is 188 cm³/mol. The van der Waals surface area contributed by atoms with E-state index in [1.165, 1.54) is 0 Å². The highest BCUT2D eigenvalue weighted by atomic mass is 16.7. The first-order valence-corrected chi connectivity index (χ1v) is 15.6. The first kappa shape index (κ1) is 24.3. The van der Waals surface area contributed by atoms with Crippen molar-refractivity contribution >= 4 is 86.2 Å². The van der Waals surface area contributed by atoms with Gasteiger partial charge in [-0.25, -0.2) is 0 Å². The molecule has 0 atom stereocenters. The second-order valence-corrected chi connectivity index (χ2v) is 12.3. The van der Waals surface area contributed by atoms with Crippen molar-refractivity contribution in [2.75, 3.05) is 13.6 Å². The maximum Gasteiger partial charge on any atom is 0.230 e. The highest BCUT2D eigenvalue weighted by Gasteiger charge is 2.19. The lowest BCUT2D eigenvalue weighted by molar-refractivity contribution is 0.125. The Morgan fingerprint density at radius 1 is 0.261 bits per heavy atom. The number of ether oxygens (including phenoxy) is 4. The lowest BCUT2D eigenvalue weighted by atomic mass is 9.94. The molecule has 0 fully saturated rings. The first-order chi connectivity index (χ1) is 22.8. The molecule has 4 heteroatoms. The van der Waals surface area contributed by atoms with E-state index in [2.05, 4.69) is 121 Å². The van der Waals surface area contributed by atoms with Crippen LogP contribution in [0.2, 0.25) is 0 Å². The number of hydrogen-bond donors (Lipinski definition) is 0. The van der Waals surface area contributed by atoms with Crippen molar-refractivity contribution in [3.8, 4) is 23.0 Å². The Morgan fingerprint density at radius 2 is 0.478 bits per heavy atom. The average Bonchev–Trinajstić information content (AvgIpc) is 3.43. The molecule has 0 aromatic heterocycles. The summed E-state index contributed by atoms with van der Waals surface area (Å²) in [6.45, 7) is 0.318. The third kappa shape index (κ3) is 3.28. The van der Waals surface area contributed by atoms with E-state index >= 15 is 0 Å². The van der Waals surface area contributed by atoms with Crippen molar-refractivity contribution in [1.29, 1.82) is 0 Å². The minimum atomic E-state index is 0.159. The van der Waals surface area contributed by atoms with Crippen LogP contribution in [0.5, 0.6) is 23.0 Å². The number of rotatable bonds is 0. The topological polar surface area (TPSA) is 36.9 Å². The number of benzene rings is 8. The molecule has 0 amide bonds.